The van der Waals surface area contributed by atoms with Crippen LogP contribution in [0.15, 0.2) is 0 Å². The lowest BCUT2D eigenvalue weighted by molar-refractivity contribution is -0.300. The lowest BCUT2D eigenvalue weighted by Gasteiger charge is -2.39. The maximum atomic E-state index is 12.2. The van der Waals surface area contributed by atoms with Gasteiger partial charge in [0.1, 0.15) is 55.1 Å². The standard InChI is InChI=1S/C22H39N3O15/c26-4-3-25(7-13(29)23-1-5-37-21-19(35)17(33)15(31)11(9-27)39-21)8-14(30)24-2-6-38-22-20(36)18(34)16(32)12(10-28)40-22/h4,11-12,15-22,27-28,31-36H,1-3,5-10H2,(H,23,29)(H,24,30)/t11-,12-,15-,16-,17+,18+,19+,20+,21+,22+/m1/s1. The van der Waals surface area contributed by atoms with Gasteiger partial charge in [0, 0.05) is 13.1 Å². The van der Waals surface area contributed by atoms with Crippen molar-refractivity contribution in [2.45, 2.75) is 61.4 Å². The summed E-state index contributed by atoms with van der Waals surface area (Å²) in [5.41, 5.74) is 0. The molecule has 2 fully saturated rings. The van der Waals surface area contributed by atoms with Crippen molar-refractivity contribution in [1.82, 2.24) is 15.5 Å². The van der Waals surface area contributed by atoms with E-state index in [2.05, 4.69) is 10.6 Å². The first-order valence-corrected chi connectivity index (χ1v) is 12.6. The van der Waals surface area contributed by atoms with Gasteiger partial charge < -0.3 is 75.2 Å². The van der Waals surface area contributed by atoms with Crippen molar-refractivity contribution >= 4 is 18.1 Å². The Morgan fingerprint density at radius 1 is 0.700 bits per heavy atom. The van der Waals surface area contributed by atoms with Crippen LogP contribution in [-0.4, -0.2) is 184 Å². The second-order valence-corrected chi connectivity index (χ2v) is 9.17. The first-order valence-electron chi connectivity index (χ1n) is 12.6. The van der Waals surface area contributed by atoms with Gasteiger partial charge in [0.15, 0.2) is 12.6 Å². The van der Waals surface area contributed by atoms with Gasteiger partial charge in [-0.3, -0.25) is 14.5 Å². The Morgan fingerprint density at radius 2 is 1.10 bits per heavy atom. The highest BCUT2D eigenvalue weighted by atomic mass is 16.7. The number of carbonyl (C=O) groups excluding carboxylic acids is 3. The van der Waals surface area contributed by atoms with Crippen LogP contribution in [0.3, 0.4) is 0 Å². The summed E-state index contributed by atoms with van der Waals surface area (Å²) in [6.45, 7) is -2.59. The van der Waals surface area contributed by atoms with E-state index < -0.39 is 86.4 Å². The molecule has 232 valence electrons. The van der Waals surface area contributed by atoms with Crippen LogP contribution in [0.5, 0.6) is 0 Å². The number of aliphatic hydroxyl groups is 8. The van der Waals surface area contributed by atoms with E-state index >= 15 is 0 Å². The van der Waals surface area contributed by atoms with E-state index in [0.29, 0.717) is 6.29 Å². The molecule has 10 N–H and O–H groups in total. The quantitative estimate of drug-likeness (QED) is 0.0595. The smallest absolute Gasteiger partial charge is 0.234 e. The molecule has 18 nitrogen and oxygen atoms in total. The Labute approximate surface area is 229 Å². The van der Waals surface area contributed by atoms with Crippen molar-refractivity contribution < 1.29 is 74.2 Å². The molecule has 0 aromatic heterocycles. The molecule has 2 aliphatic heterocycles. The summed E-state index contributed by atoms with van der Waals surface area (Å²) >= 11 is 0. The largest absolute Gasteiger partial charge is 0.394 e. The molecule has 2 heterocycles. The molecule has 0 aliphatic carbocycles. The van der Waals surface area contributed by atoms with Gasteiger partial charge >= 0.3 is 0 Å². The number of rotatable bonds is 16. The van der Waals surface area contributed by atoms with Gasteiger partial charge in [-0.05, 0) is 0 Å². The summed E-state index contributed by atoms with van der Waals surface area (Å²) in [5.74, 6) is -1.11. The van der Waals surface area contributed by atoms with Crippen molar-refractivity contribution in [1.29, 1.82) is 0 Å². The highest BCUT2D eigenvalue weighted by Crippen LogP contribution is 2.22. The van der Waals surface area contributed by atoms with Crippen molar-refractivity contribution in [3.8, 4) is 0 Å². The van der Waals surface area contributed by atoms with Crippen LogP contribution in [-0.2, 0) is 33.3 Å². The lowest BCUT2D eigenvalue weighted by Crippen LogP contribution is -2.59. The highest BCUT2D eigenvalue weighted by molar-refractivity contribution is 5.81. The summed E-state index contributed by atoms with van der Waals surface area (Å²) in [6.07, 6.45) is -13.9. The first kappa shape index (κ1) is 34.3. The Kier molecular flexibility index (Phi) is 14.7. The molecular weight excluding hydrogens is 546 g/mol. The van der Waals surface area contributed by atoms with Crippen LogP contribution >= 0.6 is 0 Å². The van der Waals surface area contributed by atoms with Crippen LogP contribution in [0.25, 0.3) is 0 Å². The summed E-state index contributed by atoms with van der Waals surface area (Å²) in [6, 6.07) is 0. The molecule has 40 heavy (non-hydrogen) atoms. The average molecular weight is 586 g/mol. The van der Waals surface area contributed by atoms with Crippen molar-refractivity contribution in [3.63, 3.8) is 0 Å². The van der Waals surface area contributed by atoms with Gasteiger partial charge in [-0.25, -0.2) is 0 Å². The molecule has 0 unspecified atom stereocenters. The van der Waals surface area contributed by atoms with Gasteiger partial charge in [0.25, 0.3) is 0 Å². The number of amides is 2. The minimum absolute atomic E-state index is 0.0652. The fourth-order valence-electron chi connectivity index (χ4n) is 3.95. The van der Waals surface area contributed by atoms with Crippen LogP contribution in [0.4, 0.5) is 0 Å². The zero-order valence-electron chi connectivity index (χ0n) is 21.6. The lowest BCUT2D eigenvalue weighted by atomic mass is 9.99. The molecular formula is C22H39N3O15. The fraction of sp³-hybridized carbons (Fsp3) is 0.864. The summed E-state index contributed by atoms with van der Waals surface area (Å²) in [5, 5.41) is 82.2. The molecule has 18 heteroatoms. The Balaban J connectivity index is 1.67. The van der Waals surface area contributed by atoms with E-state index in [0.717, 1.165) is 0 Å². The highest BCUT2D eigenvalue weighted by Gasteiger charge is 2.45. The number of hydrogen-bond donors (Lipinski definition) is 10. The minimum Gasteiger partial charge on any atom is -0.394 e. The van der Waals surface area contributed by atoms with Crippen molar-refractivity contribution in [2.24, 2.45) is 0 Å². The Hall–Kier alpha value is -1.91. The second kappa shape index (κ2) is 17.1. The van der Waals surface area contributed by atoms with Gasteiger partial charge in [-0.15, -0.1) is 0 Å². The van der Waals surface area contributed by atoms with Gasteiger partial charge in [0.05, 0.1) is 46.1 Å². The fourth-order valence-corrected chi connectivity index (χ4v) is 3.95. The van der Waals surface area contributed by atoms with Gasteiger partial charge in [0.2, 0.25) is 11.8 Å². The summed E-state index contributed by atoms with van der Waals surface area (Å²) in [7, 11) is 0. The molecule has 0 bridgehead atoms. The van der Waals surface area contributed by atoms with Crippen LogP contribution in [0, 0.1) is 0 Å². The molecule has 2 amide bonds. The molecule has 0 saturated carbocycles. The number of aldehydes is 1. The number of hydrogen-bond acceptors (Lipinski definition) is 16. The molecule has 2 saturated heterocycles. The number of aliphatic hydroxyl groups excluding tert-OH is 8. The molecule has 0 radical (unpaired) electrons. The van der Waals surface area contributed by atoms with Gasteiger partial charge in [-0.2, -0.15) is 0 Å². The number of nitrogens with zero attached hydrogens (tertiary/aromatic N) is 1. The number of nitrogens with one attached hydrogen (secondary N) is 2. The maximum Gasteiger partial charge on any atom is 0.234 e. The topological polar surface area (TPSA) is 277 Å². The minimum atomic E-state index is -1.60. The zero-order chi connectivity index (χ0) is 29.8. The SMILES string of the molecule is O=CCN(CC(=O)NCCO[C@H]1O[C@H](CO)[C@@H](O)[C@H](O)[C@@H]1O)CC(=O)NCCO[C@H]1O[C@H](CO)[C@@H](O)[C@H](O)[C@@H]1O. The predicted molar refractivity (Wildman–Crippen MR) is 128 cm³/mol. The molecule has 0 aromatic rings. The molecule has 0 spiro atoms. The van der Waals surface area contributed by atoms with E-state index in [1.54, 1.807) is 0 Å². The third-order valence-electron chi connectivity index (χ3n) is 6.18. The predicted octanol–water partition coefficient (Wildman–Crippen LogP) is -7.65. The number of carbonyl (C=O) groups is 3. The molecule has 2 rings (SSSR count). The second-order valence-electron chi connectivity index (χ2n) is 9.17. The summed E-state index contributed by atoms with van der Waals surface area (Å²) in [4.78, 5) is 36.7. The Morgan fingerprint density at radius 3 is 1.45 bits per heavy atom. The van der Waals surface area contributed by atoms with Gasteiger partial charge in [-0.1, -0.05) is 0 Å². The molecule has 0 aromatic carbocycles. The summed E-state index contributed by atoms with van der Waals surface area (Å²) < 4.78 is 20.9. The van der Waals surface area contributed by atoms with Crippen LogP contribution in [0.1, 0.15) is 0 Å². The van der Waals surface area contributed by atoms with E-state index in [4.69, 9.17) is 18.9 Å². The van der Waals surface area contributed by atoms with Crippen LogP contribution in [0.2, 0.25) is 0 Å². The monoisotopic (exact) mass is 585 g/mol. The zero-order valence-corrected chi connectivity index (χ0v) is 21.6. The van der Waals surface area contributed by atoms with E-state index in [1.807, 2.05) is 0 Å². The normalized spacial score (nSPS) is 34.4. The molecule has 2 aliphatic rings. The van der Waals surface area contributed by atoms with E-state index in [-0.39, 0.29) is 45.9 Å². The number of ether oxygens (including phenoxy) is 4. The Bertz CT molecular complexity index is 733. The van der Waals surface area contributed by atoms with Crippen LogP contribution < -0.4 is 10.6 Å². The molecule has 10 atom stereocenters. The first-order chi connectivity index (χ1) is 19.0. The van der Waals surface area contributed by atoms with E-state index in [1.165, 1.54) is 4.90 Å². The third kappa shape index (κ3) is 9.87. The van der Waals surface area contributed by atoms with Crippen molar-refractivity contribution in [3.05, 3.63) is 0 Å². The van der Waals surface area contributed by atoms with E-state index in [9.17, 15) is 55.2 Å². The van der Waals surface area contributed by atoms with Crippen molar-refractivity contribution in [2.75, 3.05) is 59.2 Å². The average Bonchev–Trinajstić information content (AvgIpc) is 2.93. The third-order valence-corrected chi connectivity index (χ3v) is 6.18. The maximum absolute atomic E-state index is 12.2.